The summed E-state index contributed by atoms with van der Waals surface area (Å²) < 4.78 is 6.52. The Labute approximate surface area is 278 Å². The van der Waals surface area contributed by atoms with E-state index in [9.17, 15) is 0 Å². The summed E-state index contributed by atoms with van der Waals surface area (Å²) in [7, 11) is 0. The van der Waals surface area contributed by atoms with Crippen molar-refractivity contribution < 1.29 is 0 Å². The Kier molecular flexibility index (Phi) is 4.95. The molecule has 0 saturated heterocycles. The predicted octanol–water partition coefficient (Wildman–Crippen LogP) is 13.1. The highest BCUT2D eigenvalue weighted by Gasteiger charge is 2.28. The van der Waals surface area contributed by atoms with Gasteiger partial charge in [-0.25, -0.2) is 0 Å². The van der Waals surface area contributed by atoms with Gasteiger partial charge in [-0.2, -0.15) is 0 Å². The molecule has 0 spiro atoms. The molecular weight excluding hydrogens is 589 g/mol. The van der Waals surface area contributed by atoms with Crippen LogP contribution >= 0.6 is 11.3 Å². The molecule has 0 aliphatic carbocycles. The number of aromatic nitrogens is 2. The minimum absolute atomic E-state index is 0.0402. The van der Waals surface area contributed by atoms with E-state index in [0.29, 0.717) is 0 Å². The van der Waals surface area contributed by atoms with Crippen molar-refractivity contribution in [3.05, 3.63) is 95.6 Å². The third-order valence-electron chi connectivity index (χ3n) is 11.0. The van der Waals surface area contributed by atoms with Crippen molar-refractivity contribution in [1.29, 1.82) is 0 Å². The molecule has 5 heterocycles. The molecule has 0 unspecified atom stereocenters. The zero-order valence-corrected chi connectivity index (χ0v) is 29.6. The number of benzene rings is 5. The number of thiophene rings is 1. The minimum Gasteiger partial charge on any atom is -0.308 e. The van der Waals surface area contributed by atoms with Gasteiger partial charge >= 0.3 is 0 Å². The summed E-state index contributed by atoms with van der Waals surface area (Å²) >= 11 is 1.93. The molecule has 3 heteroatoms. The molecule has 10 aromatic rings. The lowest BCUT2D eigenvalue weighted by molar-refractivity contribution is 0.590. The Morgan fingerprint density at radius 1 is 0.426 bits per heavy atom. The van der Waals surface area contributed by atoms with Crippen LogP contribution in [0, 0.1) is 0 Å². The molecule has 0 atom stereocenters. The van der Waals surface area contributed by atoms with Gasteiger partial charge in [0.1, 0.15) is 4.83 Å². The highest BCUT2D eigenvalue weighted by molar-refractivity contribution is 7.25. The number of hydrogen-bond donors (Lipinski definition) is 0. The van der Waals surface area contributed by atoms with E-state index in [4.69, 9.17) is 0 Å². The third kappa shape index (κ3) is 3.46. The van der Waals surface area contributed by atoms with Crippen molar-refractivity contribution >= 4 is 96.9 Å². The molecule has 0 N–H and O–H groups in total. The van der Waals surface area contributed by atoms with E-state index in [0.717, 1.165) is 0 Å². The van der Waals surface area contributed by atoms with Crippen LogP contribution in [0.5, 0.6) is 0 Å². The second kappa shape index (κ2) is 8.38. The van der Waals surface area contributed by atoms with Gasteiger partial charge in [0.05, 0.1) is 27.6 Å². The number of nitrogens with zero attached hydrogens (tertiary/aromatic N) is 2. The van der Waals surface area contributed by atoms with Crippen molar-refractivity contribution in [2.24, 2.45) is 0 Å². The average Bonchev–Trinajstić information content (AvgIpc) is 3.77. The molecule has 5 aromatic heterocycles. The number of hydrogen-bond acceptors (Lipinski definition) is 1. The molecule has 0 aliphatic rings. The van der Waals surface area contributed by atoms with Gasteiger partial charge in [-0.05, 0) is 87.5 Å². The van der Waals surface area contributed by atoms with Gasteiger partial charge in [0.25, 0.3) is 0 Å². The maximum absolute atomic E-state index is 2.59. The van der Waals surface area contributed by atoms with Gasteiger partial charge in [0.2, 0.25) is 0 Å². The molecule has 0 amide bonds. The van der Waals surface area contributed by atoms with E-state index in [2.05, 4.69) is 150 Å². The Morgan fingerprint density at radius 2 is 0.936 bits per heavy atom. The van der Waals surface area contributed by atoms with E-state index in [1.165, 1.54) is 102 Å². The summed E-state index contributed by atoms with van der Waals surface area (Å²) in [4.78, 5) is 1.36. The first-order valence-corrected chi connectivity index (χ1v) is 17.8. The summed E-state index contributed by atoms with van der Waals surface area (Å²) in [5.74, 6) is 0. The fraction of sp³-hybridized carbons (Fsp3) is 0.273. The summed E-state index contributed by atoms with van der Waals surface area (Å²) in [6.45, 7) is 21.0. The molecule has 0 radical (unpaired) electrons. The fourth-order valence-corrected chi connectivity index (χ4v) is 9.61. The first-order valence-electron chi connectivity index (χ1n) is 17.0. The standard InChI is InChI=1S/C44H40N2S/c1-42(2,3)23-14-15-34-27(16-23)30-17-24(43(4,5)6)18-31-28-21-29-32-19-25(44(7,8)9)20-33-38-26-12-10-11-13-37(26)47-41(38)46(40(32)33)36(29)22-35(28)45(34)39(30)31/h10-22H,1-9H3. The largest absolute Gasteiger partial charge is 0.308 e. The van der Waals surface area contributed by atoms with Crippen molar-refractivity contribution in [1.82, 2.24) is 8.80 Å². The SMILES string of the molecule is CC(C)(C)c1ccc2c(c1)c1cc(C(C)(C)C)cc3c4cc5c6cc(C(C)(C)C)cc7c8c9ccccc9sc8n(c5cc4n2c13)c67. The van der Waals surface area contributed by atoms with E-state index in [-0.39, 0.29) is 16.2 Å². The zero-order chi connectivity index (χ0) is 32.5. The fourth-order valence-electron chi connectivity index (χ4n) is 8.37. The van der Waals surface area contributed by atoms with Crippen LogP contribution < -0.4 is 0 Å². The second-order valence-electron chi connectivity index (χ2n) is 17.2. The quantitative estimate of drug-likeness (QED) is 0.158. The summed E-state index contributed by atoms with van der Waals surface area (Å²) in [6.07, 6.45) is 0. The van der Waals surface area contributed by atoms with Crippen molar-refractivity contribution in [2.75, 3.05) is 0 Å². The van der Waals surface area contributed by atoms with E-state index < -0.39 is 0 Å². The molecule has 0 aliphatic heterocycles. The van der Waals surface area contributed by atoms with Gasteiger partial charge < -0.3 is 4.40 Å². The van der Waals surface area contributed by atoms with Crippen molar-refractivity contribution in [2.45, 2.75) is 78.6 Å². The molecule has 0 saturated carbocycles. The Bertz CT molecular complexity index is 2940. The minimum atomic E-state index is 0.0402. The lowest BCUT2D eigenvalue weighted by Gasteiger charge is -2.20. The molecule has 0 fully saturated rings. The van der Waals surface area contributed by atoms with Crippen LogP contribution in [0.3, 0.4) is 0 Å². The molecule has 0 bridgehead atoms. The summed E-state index contributed by atoms with van der Waals surface area (Å²) in [6, 6.07) is 31.1. The van der Waals surface area contributed by atoms with E-state index in [1.807, 2.05) is 11.3 Å². The van der Waals surface area contributed by atoms with Crippen LogP contribution in [-0.2, 0) is 16.2 Å². The Hall–Kier alpha value is -4.34. The molecule has 232 valence electrons. The van der Waals surface area contributed by atoms with Gasteiger partial charge in [-0.1, -0.05) is 86.6 Å². The smallest absolute Gasteiger partial charge is 0.109 e. The highest BCUT2D eigenvalue weighted by Crippen LogP contribution is 2.49. The molecular formula is C44H40N2S. The van der Waals surface area contributed by atoms with Gasteiger partial charge in [-0.3, -0.25) is 4.40 Å². The monoisotopic (exact) mass is 628 g/mol. The predicted molar refractivity (Wildman–Crippen MR) is 207 cm³/mol. The molecule has 10 rings (SSSR count). The van der Waals surface area contributed by atoms with Crippen molar-refractivity contribution in [3.63, 3.8) is 0 Å². The first-order chi connectivity index (χ1) is 22.2. The molecule has 2 nitrogen and oxygen atoms in total. The molecule has 47 heavy (non-hydrogen) atoms. The van der Waals surface area contributed by atoms with Gasteiger partial charge in [0, 0.05) is 53.2 Å². The van der Waals surface area contributed by atoms with Crippen LogP contribution in [-0.4, -0.2) is 8.80 Å². The maximum Gasteiger partial charge on any atom is 0.109 e. The van der Waals surface area contributed by atoms with Gasteiger partial charge in [-0.15, -0.1) is 11.3 Å². The molecule has 5 aromatic carbocycles. The topological polar surface area (TPSA) is 8.82 Å². The lowest BCUT2D eigenvalue weighted by Crippen LogP contribution is -2.11. The third-order valence-corrected chi connectivity index (χ3v) is 12.2. The van der Waals surface area contributed by atoms with Crippen LogP contribution in [0.25, 0.3) is 85.6 Å². The van der Waals surface area contributed by atoms with Crippen LogP contribution in [0.1, 0.15) is 79.0 Å². The van der Waals surface area contributed by atoms with Crippen LogP contribution in [0.2, 0.25) is 0 Å². The van der Waals surface area contributed by atoms with Crippen LogP contribution in [0.15, 0.2) is 78.9 Å². The summed E-state index contributed by atoms with van der Waals surface area (Å²) in [5, 5.41) is 12.3. The maximum atomic E-state index is 2.59. The van der Waals surface area contributed by atoms with Crippen LogP contribution in [0.4, 0.5) is 0 Å². The van der Waals surface area contributed by atoms with E-state index in [1.54, 1.807) is 0 Å². The normalized spacial score (nSPS) is 14.1. The van der Waals surface area contributed by atoms with E-state index >= 15 is 0 Å². The second-order valence-corrected chi connectivity index (χ2v) is 18.2. The Morgan fingerprint density at radius 3 is 1.55 bits per heavy atom. The average molecular weight is 629 g/mol. The number of rotatable bonds is 0. The highest BCUT2D eigenvalue weighted by atomic mass is 32.1. The summed E-state index contributed by atoms with van der Waals surface area (Å²) in [5.41, 5.74) is 11.0. The van der Waals surface area contributed by atoms with Crippen molar-refractivity contribution in [3.8, 4) is 0 Å². The Balaban J connectivity index is 1.45. The van der Waals surface area contributed by atoms with Gasteiger partial charge in [0.15, 0.2) is 0 Å². The first kappa shape index (κ1) is 27.7. The number of fused-ring (bicyclic) bond motifs is 14. The zero-order valence-electron chi connectivity index (χ0n) is 28.8. The lowest BCUT2D eigenvalue weighted by atomic mass is 9.84.